The van der Waals surface area contributed by atoms with Gasteiger partial charge in [-0.2, -0.15) is 0 Å². The number of methoxy groups -OCH3 is 1. The molecular weight excluding hydrogens is 308 g/mol. The minimum absolute atomic E-state index is 0.258. The minimum atomic E-state index is -0.615. The van der Waals surface area contributed by atoms with Crippen LogP contribution in [0.2, 0.25) is 0 Å². The molecule has 2 aromatic rings. The third-order valence-electron chi connectivity index (χ3n) is 3.12. The quantitative estimate of drug-likeness (QED) is 0.485. The summed E-state index contributed by atoms with van der Waals surface area (Å²) in [6.45, 7) is 0.258. The third kappa shape index (κ3) is 5.17. The normalized spacial score (nSPS) is 10.4. The first-order chi connectivity index (χ1) is 11.6. The lowest BCUT2D eigenvalue weighted by atomic mass is 10.2. The van der Waals surface area contributed by atoms with Crippen LogP contribution < -0.4 is 20.5 Å². The average Bonchev–Trinajstić information content (AvgIpc) is 2.60. The zero-order valence-corrected chi connectivity index (χ0v) is 13.2. The molecule has 124 valence electrons. The summed E-state index contributed by atoms with van der Waals surface area (Å²) < 4.78 is 10.5. The minimum Gasteiger partial charge on any atom is -0.493 e. The van der Waals surface area contributed by atoms with Gasteiger partial charge in [0, 0.05) is 12.6 Å². The van der Waals surface area contributed by atoms with Crippen LogP contribution in [0.25, 0.3) is 6.08 Å². The number of nitrogens with one attached hydrogen (secondary N) is 1. The molecule has 0 unspecified atom stereocenters. The topological polar surface area (TPSA) is 90.7 Å². The number of amides is 2. The lowest BCUT2D eigenvalue weighted by Crippen LogP contribution is -2.28. The Kier molecular flexibility index (Phi) is 5.96. The molecule has 2 rings (SSSR count). The standard InChI is InChI=1S/C18H18N2O4/c1-23-16-11-14(12-20-18(19)22)7-9-15(16)24-17(21)10-8-13-5-3-2-4-6-13/h2-11H,12H2,1H3,(H3,19,20,22). The van der Waals surface area contributed by atoms with Gasteiger partial charge in [0.1, 0.15) is 0 Å². The SMILES string of the molecule is COc1cc(CNC(N)=O)ccc1OC(=O)C=Cc1ccccc1. The fraction of sp³-hybridized carbons (Fsp3) is 0.111. The number of carbonyl (C=O) groups excluding carboxylic acids is 2. The maximum absolute atomic E-state index is 11.9. The molecule has 3 N–H and O–H groups in total. The molecule has 0 saturated heterocycles. The number of esters is 1. The Morgan fingerprint density at radius 2 is 1.88 bits per heavy atom. The number of benzene rings is 2. The molecule has 0 aromatic heterocycles. The van der Waals surface area contributed by atoms with Gasteiger partial charge >= 0.3 is 12.0 Å². The molecule has 0 atom stereocenters. The second-order valence-electron chi connectivity index (χ2n) is 4.87. The summed E-state index contributed by atoms with van der Waals surface area (Å²) in [7, 11) is 1.47. The molecule has 2 aromatic carbocycles. The summed E-state index contributed by atoms with van der Waals surface area (Å²) in [5, 5.41) is 2.48. The van der Waals surface area contributed by atoms with Crippen molar-refractivity contribution < 1.29 is 19.1 Å². The number of urea groups is 1. The van der Waals surface area contributed by atoms with Crippen LogP contribution in [0.4, 0.5) is 4.79 Å². The van der Waals surface area contributed by atoms with E-state index in [9.17, 15) is 9.59 Å². The van der Waals surface area contributed by atoms with Gasteiger partial charge in [0.2, 0.25) is 0 Å². The number of primary amides is 1. The molecule has 0 radical (unpaired) electrons. The summed E-state index contributed by atoms with van der Waals surface area (Å²) >= 11 is 0. The lowest BCUT2D eigenvalue weighted by Gasteiger charge is -2.10. The second-order valence-corrected chi connectivity index (χ2v) is 4.87. The van der Waals surface area contributed by atoms with Crippen LogP contribution in [0, 0.1) is 0 Å². The van der Waals surface area contributed by atoms with Crippen molar-refractivity contribution in [3.63, 3.8) is 0 Å². The maximum Gasteiger partial charge on any atom is 0.336 e. The van der Waals surface area contributed by atoms with Gasteiger partial charge in [-0.25, -0.2) is 9.59 Å². The molecule has 0 aliphatic carbocycles. The number of hydrogen-bond donors (Lipinski definition) is 2. The van der Waals surface area contributed by atoms with Gasteiger partial charge in [-0.05, 0) is 29.3 Å². The molecule has 0 bridgehead atoms. The van der Waals surface area contributed by atoms with E-state index < -0.39 is 12.0 Å². The maximum atomic E-state index is 11.9. The molecule has 24 heavy (non-hydrogen) atoms. The zero-order chi connectivity index (χ0) is 17.4. The Balaban J connectivity index is 2.04. The smallest absolute Gasteiger partial charge is 0.336 e. The molecule has 0 spiro atoms. The van der Waals surface area contributed by atoms with Crippen LogP contribution in [0.1, 0.15) is 11.1 Å². The van der Waals surface area contributed by atoms with Crippen LogP contribution >= 0.6 is 0 Å². The van der Waals surface area contributed by atoms with Gasteiger partial charge in [-0.3, -0.25) is 0 Å². The fourth-order valence-corrected chi connectivity index (χ4v) is 1.97. The Morgan fingerprint density at radius 1 is 1.12 bits per heavy atom. The highest BCUT2D eigenvalue weighted by atomic mass is 16.6. The first-order valence-corrected chi connectivity index (χ1v) is 7.23. The molecular formula is C18H18N2O4. The van der Waals surface area contributed by atoms with Crippen LogP contribution in [0.3, 0.4) is 0 Å². The van der Waals surface area contributed by atoms with Crippen LogP contribution in [-0.2, 0) is 11.3 Å². The molecule has 0 fully saturated rings. The monoisotopic (exact) mass is 326 g/mol. The average molecular weight is 326 g/mol. The highest BCUT2D eigenvalue weighted by Gasteiger charge is 2.09. The highest BCUT2D eigenvalue weighted by Crippen LogP contribution is 2.28. The fourth-order valence-electron chi connectivity index (χ4n) is 1.97. The van der Waals surface area contributed by atoms with Crippen molar-refractivity contribution in [2.45, 2.75) is 6.54 Å². The van der Waals surface area contributed by atoms with Gasteiger partial charge in [0.05, 0.1) is 7.11 Å². The zero-order valence-electron chi connectivity index (χ0n) is 13.2. The van der Waals surface area contributed by atoms with E-state index in [1.165, 1.54) is 13.2 Å². The van der Waals surface area contributed by atoms with E-state index in [1.807, 2.05) is 30.3 Å². The Bertz CT molecular complexity index is 742. The van der Waals surface area contributed by atoms with E-state index in [0.29, 0.717) is 11.5 Å². The summed E-state index contributed by atoms with van der Waals surface area (Å²) in [6, 6.07) is 13.8. The first-order valence-electron chi connectivity index (χ1n) is 7.23. The summed E-state index contributed by atoms with van der Waals surface area (Å²) in [5.41, 5.74) is 6.70. The second kappa shape index (κ2) is 8.38. The summed E-state index contributed by atoms with van der Waals surface area (Å²) in [4.78, 5) is 22.6. The molecule has 2 amide bonds. The van der Waals surface area contributed by atoms with Crippen molar-refractivity contribution in [1.29, 1.82) is 0 Å². The van der Waals surface area contributed by atoms with E-state index >= 15 is 0 Å². The molecule has 0 heterocycles. The first kappa shape index (κ1) is 17.1. The summed E-state index contributed by atoms with van der Waals surface area (Å²) in [6.07, 6.45) is 3.01. The number of ether oxygens (including phenoxy) is 2. The van der Waals surface area contributed by atoms with Crippen molar-refractivity contribution in [2.75, 3.05) is 7.11 Å². The van der Waals surface area contributed by atoms with Gasteiger partial charge in [-0.15, -0.1) is 0 Å². The van der Waals surface area contributed by atoms with E-state index in [2.05, 4.69) is 5.32 Å². The van der Waals surface area contributed by atoms with Crippen molar-refractivity contribution in [1.82, 2.24) is 5.32 Å². The molecule has 0 aliphatic heterocycles. The molecule has 0 aliphatic rings. The number of carbonyl (C=O) groups is 2. The van der Waals surface area contributed by atoms with Crippen molar-refractivity contribution >= 4 is 18.1 Å². The van der Waals surface area contributed by atoms with Crippen LogP contribution in [0.15, 0.2) is 54.6 Å². The number of hydrogen-bond acceptors (Lipinski definition) is 4. The largest absolute Gasteiger partial charge is 0.493 e. The highest BCUT2D eigenvalue weighted by molar-refractivity contribution is 5.89. The molecule has 0 saturated carbocycles. The predicted octanol–water partition coefficient (Wildman–Crippen LogP) is 2.48. The Hall–Kier alpha value is -3.28. The van der Waals surface area contributed by atoms with Crippen molar-refractivity contribution in [2.24, 2.45) is 5.73 Å². The molecule has 6 nitrogen and oxygen atoms in total. The van der Waals surface area contributed by atoms with E-state index in [1.54, 1.807) is 24.3 Å². The van der Waals surface area contributed by atoms with Crippen molar-refractivity contribution in [3.05, 3.63) is 65.7 Å². The van der Waals surface area contributed by atoms with E-state index in [4.69, 9.17) is 15.2 Å². The van der Waals surface area contributed by atoms with Crippen molar-refractivity contribution in [3.8, 4) is 11.5 Å². The number of rotatable bonds is 6. The van der Waals surface area contributed by atoms with Crippen LogP contribution in [-0.4, -0.2) is 19.1 Å². The number of nitrogens with two attached hydrogens (primary N) is 1. The van der Waals surface area contributed by atoms with Gasteiger partial charge < -0.3 is 20.5 Å². The Labute approximate surface area is 139 Å². The predicted molar refractivity (Wildman–Crippen MR) is 90.5 cm³/mol. The van der Waals surface area contributed by atoms with Crippen LogP contribution in [0.5, 0.6) is 11.5 Å². The molecule has 6 heteroatoms. The van der Waals surface area contributed by atoms with Gasteiger partial charge in [0.15, 0.2) is 11.5 Å². The Morgan fingerprint density at radius 3 is 2.54 bits per heavy atom. The van der Waals surface area contributed by atoms with E-state index in [0.717, 1.165) is 11.1 Å². The van der Waals surface area contributed by atoms with E-state index in [-0.39, 0.29) is 6.54 Å². The lowest BCUT2D eigenvalue weighted by molar-refractivity contribution is -0.129. The summed E-state index contributed by atoms with van der Waals surface area (Å²) in [5.74, 6) is 0.170. The van der Waals surface area contributed by atoms with Gasteiger partial charge in [-0.1, -0.05) is 36.4 Å². The van der Waals surface area contributed by atoms with Gasteiger partial charge in [0.25, 0.3) is 0 Å². The third-order valence-corrected chi connectivity index (χ3v) is 3.12.